The van der Waals surface area contributed by atoms with Gasteiger partial charge in [-0.1, -0.05) is 19.1 Å². The zero-order valence-electron chi connectivity index (χ0n) is 17.4. The average molecular weight is 413 g/mol. The second kappa shape index (κ2) is 9.65. The highest BCUT2D eigenvalue weighted by molar-refractivity contribution is 7.80. The van der Waals surface area contributed by atoms with Crippen molar-refractivity contribution < 1.29 is 4.74 Å². The minimum absolute atomic E-state index is 0.347. The fourth-order valence-electron chi connectivity index (χ4n) is 3.43. The number of aliphatic imine (C=N–C) groups is 1. The second-order valence-electron chi connectivity index (χ2n) is 7.36. The number of benzene rings is 1. The number of para-hydroxylation sites is 2. The van der Waals surface area contributed by atoms with E-state index in [1.807, 2.05) is 44.2 Å². The fourth-order valence-corrected chi connectivity index (χ4v) is 3.63. The quantitative estimate of drug-likeness (QED) is 0.448. The summed E-state index contributed by atoms with van der Waals surface area (Å²) in [5.74, 6) is 2.49. The number of guanidine groups is 1. The number of anilines is 2. The molecule has 29 heavy (non-hydrogen) atoms. The third-order valence-corrected chi connectivity index (χ3v) is 4.91. The molecule has 1 fully saturated rings. The first-order chi connectivity index (χ1) is 13.9. The van der Waals surface area contributed by atoms with Gasteiger partial charge < -0.3 is 15.0 Å². The Kier molecular flexibility index (Phi) is 6.98. The molecular formula is C21H28N6OS. The highest BCUT2D eigenvalue weighted by atomic mass is 32.1. The standard InChI is InChI=1S/C21H28N6OS/c1-14-8-7-11-27(13-14)20(25-19-22-15(2)12-16(3)23-19)26-21(29)24-17-9-5-6-10-18(17)28-4/h5-6,9-10,12,14H,7-8,11,13H2,1-4H3,(H2,22,23,24,25,26,29). The molecule has 0 spiro atoms. The van der Waals surface area contributed by atoms with Crippen LogP contribution >= 0.6 is 12.2 Å². The van der Waals surface area contributed by atoms with Crippen LogP contribution in [-0.2, 0) is 0 Å². The van der Waals surface area contributed by atoms with E-state index in [0.717, 1.165) is 36.6 Å². The summed E-state index contributed by atoms with van der Waals surface area (Å²) in [6.45, 7) is 7.98. The fraction of sp³-hybridized carbons (Fsp3) is 0.429. The van der Waals surface area contributed by atoms with Gasteiger partial charge in [0, 0.05) is 24.5 Å². The lowest BCUT2D eigenvalue weighted by Crippen LogP contribution is -2.43. The summed E-state index contributed by atoms with van der Waals surface area (Å²) in [4.78, 5) is 15.9. The van der Waals surface area contributed by atoms with Gasteiger partial charge in [-0.25, -0.2) is 9.97 Å². The molecule has 1 atom stereocenters. The number of aromatic nitrogens is 2. The Bertz CT molecular complexity index is 880. The summed E-state index contributed by atoms with van der Waals surface area (Å²) < 4.78 is 5.39. The normalized spacial score (nSPS) is 17.0. The number of aryl methyl sites for hydroxylation is 2. The number of thiocarbonyl (C=S) groups is 1. The Morgan fingerprint density at radius 1 is 1.21 bits per heavy atom. The Hall–Kier alpha value is -2.74. The van der Waals surface area contributed by atoms with Crippen LogP contribution in [0.5, 0.6) is 5.75 Å². The molecule has 154 valence electrons. The number of hydrogen-bond donors (Lipinski definition) is 2. The van der Waals surface area contributed by atoms with Crippen molar-refractivity contribution >= 4 is 34.9 Å². The first-order valence-electron chi connectivity index (χ1n) is 9.81. The molecule has 8 heteroatoms. The molecule has 7 nitrogen and oxygen atoms in total. The zero-order valence-corrected chi connectivity index (χ0v) is 18.2. The van der Waals surface area contributed by atoms with E-state index >= 15 is 0 Å². The number of methoxy groups -OCH3 is 1. The van der Waals surface area contributed by atoms with E-state index in [1.165, 1.54) is 6.42 Å². The van der Waals surface area contributed by atoms with Gasteiger partial charge in [-0.2, -0.15) is 4.99 Å². The third kappa shape index (κ3) is 5.87. The number of hydrogen-bond acceptors (Lipinski definition) is 4. The summed E-state index contributed by atoms with van der Waals surface area (Å²) in [6.07, 6.45) is 2.33. The number of likely N-dealkylation sites (tertiary alicyclic amines) is 1. The zero-order chi connectivity index (χ0) is 20.8. The summed E-state index contributed by atoms with van der Waals surface area (Å²) in [7, 11) is 1.63. The molecule has 0 saturated carbocycles. The Morgan fingerprint density at radius 2 is 1.93 bits per heavy atom. The van der Waals surface area contributed by atoms with Crippen molar-refractivity contribution in [2.45, 2.75) is 33.6 Å². The van der Waals surface area contributed by atoms with Crippen molar-refractivity contribution in [2.24, 2.45) is 10.9 Å². The van der Waals surface area contributed by atoms with Crippen LogP contribution in [0, 0.1) is 19.8 Å². The van der Waals surface area contributed by atoms with Crippen molar-refractivity contribution in [1.29, 1.82) is 0 Å². The van der Waals surface area contributed by atoms with Crippen LogP contribution in [0.4, 0.5) is 11.6 Å². The first kappa shape index (κ1) is 21.0. The van der Waals surface area contributed by atoms with Gasteiger partial charge in [0.05, 0.1) is 12.8 Å². The van der Waals surface area contributed by atoms with E-state index in [1.54, 1.807) is 7.11 Å². The Morgan fingerprint density at radius 3 is 2.62 bits per heavy atom. The van der Waals surface area contributed by atoms with Crippen LogP contribution in [0.3, 0.4) is 0 Å². The highest BCUT2D eigenvalue weighted by Gasteiger charge is 2.21. The van der Waals surface area contributed by atoms with Crippen LogP contribution in [0.1, 0.15) is 31.2 Å². The second-order valence-corrected chi connectivity index (χ2v) is 7.75. The molecule has 0 radical (unpaired) electrons. The maximum absolute atomic E-state index is 5.52. The molecule has 1 aliphatic rings. The van der Waals surface area contributed by atoms with E-state index in [4.69, 9.17) is 17.0 Å². The van der Waals surface area contributed by atoms with Crippen molar-refractivity contribution in [1.82, 2.24) is 14.9 Å². The van der Waals surface area contributed by atoms with Crippen LogP contribution in [0.25, 0.3) is 0 Å². The minimum atomic E-state index is 0.347. The van der Waals surface area contributed by atoms with Gasteiger partial charge in [-0.3, -0.25) is 5.32 Å². The lowest BCUT2D eigenvalue weighted by molar-refractivity contribution is 0.273. The van der Waals surface area contributed by atoms with Crippen LogP contribution in [-0.4, -0.2) is 46.1 Å². The van der Waals surface area contributed by atoms with E-state index in [-0.39, 0.29) is 0 Å². The Labute approximate surface area is 177 Å². The molecule has 1 aliphatic heterocycles. The topological polar surface area (TPSA) is 74.7 Å². The molecule has 2 N–H and O–H groups in total. The number of ether oxygens (including phenoxy) is 1. The van der Waals surface area contributed by atoms with Gasteiger partial charge >= 0.3 is 0 Å². The highest BCUT2D eigenvalue weighted by Crippen LogP contribution is 2.23. The van der Waals surface area contributed by atoms with E-state index in [9.17, 15) is 0 Å². The molecule has 0 bridgehead atoms. The third-order valence-electron chi connectivity index (χ3n) is 4.72. The molecule has 1 unspecified atom stereocenters. The lowest BCUT2D eigenvalue weighted by atomic mass is 10.0. The van der Waals surface area contributed by atoms with E-state index in [2.05, 4.69) is 37.4 Å². The monoisotopic (exact) mass is 412 g/mol. The predicted octanol–water partition coefficient (Wildman–Crippen LogP) is 4.00. The number of rotatable bonds is 3. The smallest absolute Gasteiger partial charge is 0.229 e. The number of nitrogens with one attached hydrogen (secondary N) is 2. The molecular weight excluding hydrogens is 384 g/mol. The van der Waals surface area contributed by atoms with Crippen LogP contribution in [0.2, 0.25) is 0 Å². The molecule has 0 aliphatic carbocycles. The predicted molar refractivity (Wildman–Crippen MR) is 122 cm³/mol. The maximum atomic E-state index is 5.52. The Balaban J connectivity index is 1.85. The molecule has 0 amide bonds. The summed E-state index contributed by atoms with van der Waals surface area (Å²) in [5, 5.41) is 6.80. The number of nitrogens with zero attached hydrogens (tertiary/aromatic N) is 4. The van der Waals surface area contributed by atoms with E-state index in [0.29, 0.717) is 28.7 Å². The van der Waals surface area contributed by atoms with Crippen molar-refractivity contribution in [3.63, 3.8) is 0 Å². The van der Waals surface area contributed by atoms with Crippen LogP contribution in [0.15, 0.2) is 35.3 Å². The first-order valence-corrected chi connectivity index (χ1v) is 10.2. The van der Waals surface area contributed by atoms with Gasteiger partial charge in [-0.15, -0.1) is 0 Å². The molecule has 1 saturated heterocycles. The maximum Gasteiger partial charge on any atom is 0.229 e. The lowest BCUT2D eigenvalue weighted by Gasteiger charge is -2.33. The summed E-state index contributed by atoms with van der Waals surface area (Å²) in [5.41, 5.74) is 2.58. The number of piperidine rings is 1. The van der Waals surface area contributed by atoms with Crippen LogP contribution < -0.4 is 15.4 Å². The van der Waals surface area contributed by atoms with Gasteiger partial charge in [-0.05, 0) is 63.0 Å². The summed E-state index contributed by atoms with van der Waals surface area (Å²) in [6, 6.07) is 9.56. The van der Waals surface area contributed by atoms with Crippen molar-refractivity contribution in [3.8, 4) is 5.75 Å². The molecule has 2 heterocycles. The van der Waals surface area contributed by atoms with Gasteiger partial charge in [0.1, 0.15) is 5.75 Å². The van der Waals surface area contributed by atoms with Gasteiger partial charge in [0.15, 0.2) is 0 Å². The van der Waals surface area contributed by atoms with Gasteiger partial charge in [0.25, 0.3) is 0 Å². The molecule has 3 rings (SSSR count). The summed E-state index contributed by atoms with van der Waals surface area (Å²) >= 11 is 5.52. The van der Waals surface area contributed by atoms with Crippen molar-refractivity contribution in [2.75, 3.05) is 30.8 Å². The SMILES string of the molecule is COc1ccccc1NC(=S)/N=C(/Nc1nc(C)cc(C)n1)N1CCCC(C)C1. The van der Waals surface area contributed by atoms with Gasteiger partial charge in [0.2, 0.25) is 17.0 Å². The minimum Gasteiger partial charge on any atom is -0.495 e. The van der Waals surface area contributed by atoms with Crippen molar-refractivity contribution in [3.05, 3.63) is 41.7 Å². The molecule has 2 aromatic rings. The molecule has 1 aromatic heterocycles. The molecule has 1 aromatic carbocycles. The largest absolute Gasteiger partial charge is 0.495 e. The average Bonchev–Trinajstić information content (AvgIpc) is 2.67. The van der Waals surface area contributed by atoms with E-state index < -0.39 is 0 Å².